The number of likely N-dealkylation sites (tertiary alicyclic amines) is 1. The van der Waals surface area contributed by atoms with Crippen molar-refractivity contribution in [1.29, 1.82) is 0 Å². The first-order chi connectivity index (χ1) is 11.3. The predicted molar refractivity (Wildman–Crippen MR) is 86.3 cm³/mol. The highest BCUT2D eigenvalue weighted by Gasteiger charge is 2.25. The number of piperidine rings is 1. The topological polar surface area (TPSA) is 78.3 Å². The van der Waals surface area contributed by atoms with Gasteiger partial charge >= 0.3 is 0 Å². The average Bonchev–Trinajstić information content (AvgIpc) is 3.10. The summed E-state index contributed by atoms with van der Waals surface area (Å²) in [7, 11) is 0. The van der Waals surface area contributed by atoms with Crippen LogP contribution in [0.4, 0.5) is 0 Å². The Bertz CT molecular complexity index is 687. The number of hydrogen-bond donors (Lipinski definition) is 2. The molecule has 3 heterocycles. The summed E-state index contributed by atoms with van der Waals surface area (Å²) in [5.74, 6) is 0.481. The molecule has 6 heteroatoms. The van der Waals surface area contributed by atoms with Gasteiger partial charge in [0.25, 0.3) is 11.5 Å². The van der Waals surface area contributed by atoms with Crippen LogP contribution >= 0.6 is 0 Å². The molecule has 2 N–H and O–H groups in total. The molecule has 1 aliphatic heterocycles. The SMILES string of the molecule is O=C(NC[C@@H](c1ccco1)N1CCCCC1)c1ccc[nH]c1=O. The maximum atomic E-state index is 12.2. The van der Waals surface area contributed by atoms with Crippen LogP contribution in [0.5, 0.6) is 0 Å². The third-order valence-corrected chi connectivity index (χ3v) is 4.22. The standard InChI is InChI=1S/C17H21N3O3/c21-16-13(6-4-8-18-16)17(22)19-12-14(15-7-5-11-23-15)20-9-2-1-3-10-20/h4-8,11,14H,1-3,9-10,12H2,(H,18,21)(H,19,22)/t14-/m0/s1. The summed E-state index contributed by atoms with van der Waals surface area (Å²) in [5, 5.41) is 2.86. The van der Waals surface area contributed by atoms with E-state index < -0.39 is 0 Å². The van der Waals surface area contributed by atoms with Gasteiger partial charge in [-0.05, 0) is 50.2 Å². The first kappa shape index (κ1) is 15.6. The molecule has 1 atom stereocenters. The second-order valence-corrected chi connectivity index (χ2v) is 5.75. The molecule has 1 saturated heterocycles. The Morgan fingerprint density at radius 1 is 1.26 bits per heavy atom. The Morgan fingerprint density at radius 2 is 2.09 bits per heavy atom. The number of rotatable bonds is 5. The summed E-state index contributed by atoms with van der Waals surface area (Å²) in [6.07, 6.45) is 6.72. The lowest BCUT2D eigenvalue weighted by molar-refractivity contribution is 0.0912. The van der Waals surface area contributed by atoms with Crippen LogP contribution in [0.3, 0.4) is 0 Å². The number of pyridine rings is 1. The van der Waals surface area contributed by atoms with E-state index >= 15 is 0 Å². The summed E-state index contributed by atoms with van der Waals surface area (Å²) in [6, 6.07) is 6.95. The van der Waals surface area contributed by atoms with Crippen LogP contribution in [-0.2, 0) is 0 Å². The number of aromatic amines is 1. The van der Waals surface area contributed by atoms with E-state index in [1.807, 2.05) is 12.1 Å². The molecule has 1 aliphatic rings. The largest absolute Gasteiger partial charge is 0.468 e. The summed E-state index contributed by atoms with van der Waals surface area (Å²) >= 11 is 0. The van der Waals surface area contributed by atoms with Gasteiger partial charge in [-0.1, -0.05) is 6.42 Å². The lowest BCUT2D eigenvalue weighted by Crippen LogP contribution is -2.41. The highest BCUT2D eigenvalue weighted by atomic mass is 16.3. The van der Waals surface area contributed by atoms with E-state index in [2.05, 4.69) is 15.2 Å². The van der Waals surface area contributed by atoms with Crippen LogP contribution < -0.4 is 10.9 Å². The number of carbonyl (C=O) groups excluding carboxylic acids is 1. The van der Waals surface area contributed by atoms with Crippen LogP contribution in [0.25, 0.3) is 0 Å². The average molecular weight is 315 g/mol. The zero-order chi connectivity index (χ0) is 16.1. The number of nitrogens with one attached hydrogen (secondary N) is 2. The van der Waals surface area contributed by atoms with Gasteiger partial charge in [-0.15, -0.1) is 0 Å². The first-order valence-electron chi connectivity index (χ1n) is 7.99. The summed E-state index contributed by atoms with van der Waals surface area (Å²) in [6.45, 7) is 2.40. The number of nitrogens with zero attached hydrogens (tertiary/aromatic N) is 1. The number of furan rings is 1. The van der Waals surface area contributed by atoms with Crippen LogP contribution in [0.2, 0.25) is 0 Å². The van der Waals surface area contributed by atoms with E-state index in [4.69, 9.17) is 4.42 Å². The van der Waals surface area contributed by atoms with E-state index in [-0.39, 0.29) is 23.1 Å². The van der Waals surface area contributed by atoms with Crippen molar-refractivity contribution in [2.75, 3.05) is 19.6 Å². The highest BCUT2D eigenvalue weighted by Crippen LogP contribution is 2.24. The molecule has 122 valence electrons. The van der Waals surface area contributed by atoms with Crippen molar-refractivity contribution in [3.63, 3.8) is 0 Å². The summed E-state index contributed by atoms with van der Waals surface area (Å²) in [4.78, 5) is 28.8. The van der Waals surface area contributed by atoms with Crippen molar-refractivity contribution in [3.8, 4) is 0 Å². The molecule has 2 aromatic heterocycles. The minimum absolute atomic E-state index is 0.00274. The van der Waals surface area contributed by atoms with Crippen molar-refractivity contribution >= 4 is 5.91 Å². The number of amides is 1. The third-order valence-electron chi connectivity index (χ3n) is 4.22. The minimum atomic E-state index is -0.377. The Labute approximate surface area is 134 Å². The quantitative estimate of drug-likeness (QED) is 0.883. The molecule has 3 rings (SSSR count). The van der Waals surface area contributed by atoms with Crippen molar-refractivity contribution in [1.82, 2.24) is 15.2 Å². The van der Waals surface area contributed by atoms with Gasteiger partial charge in [0, 0.05) is 12.7 Å². The third kappa shape index (κ3) is 3.71. The molecular weight excluding hydrogens is 294 g/mol. The van der Waals surface area contributed by atoms with Crippen LogP contribution in [0, 0.1) is 0 Å². The zero-order valence-corrected chi connectivity index (χ0v) is 13.0. The Balaban J connectivity index is 1.70. The maximum absolute atomic E-state index is 12.2. The fourth-order valence-electron chi connectivity index (χ4n) is 3.01. The number of hydrogen-bond acceptors (Lipinski definition) is 4. The number of aromatic nitrogens is 1. The van der Waals surface area contributed by atoms with Crippen molar-refractivity contribution in [2.45, 2.75) is 25.3 Å². The molecule has 0 bridgehead atoms. The number of H-pyrrole nitrogens is 1. The van der Waals surface area contributed by atoms with Gasteiger partial charge in [-0.25, -0.2) is 0 Å². The van der Waals surface area contributed by atoms with E-state index in [0.29, 0.717) is 6.54 Å². The molecule has 23 heavy (non-hydrogen) atoms. The van der Waals surface area contributed by atoms with E-state index in [0.717, 1.165) is 31.7 Å². The fourth-order valence-corrected chi connectivity index (χ4v) is 3.01. The van der Waals surface area contributed by atoms with Gasteiger partial charge in [0.05, 0.1) is 12.3 Å². The van der Waals surface area contributed by atoms with Gasteiger partial charge in [-0.3, -0.25) is 14.5 Å². The second kappa shape index (κ2) is 7.28. The first-order valence-corrected chi connectivity index (χ1v) is 7.99. The molecule has 2 aromatic rings. The van der Waals surface area contributed by atoms with Gasteiger partial charge < -0.3 is 14.7 Å². The lowest BCUT2D eigenvalue weighted by Gasteiger charge is -2.33. The van der Waals surface area contributed by atoms with Gasteiger partial charge in [0.15, 0.2) is 0 Å². The van der Waals surface area contributed by atoms with Crippen molar-refractivity contribution < 1.29 is 9.21 Å². The zero-order valence-electron chi connectivity index (χ0n) is 13.0. The maximum Gasteiger partial charge on any atom is 0.260 e. The van der Waals surface area contributed by atoms with E-state index in [1.54, 1.807) is 12.3 Å². The van der Waals surface area contributed by atoms with Crippen LogP contribution in [0.1, 0.15) is 41.4 Å². The monoisotopic (exact) mass is 315 g/mol. The predicted octanol–water partition coefficient (Wildman–Crippen LogP) is 1.92. The van der Waals surface area contributed by atoms with Crippen LogP contribution in [-0.4, -0.2) is 35.4 Å². The molecule has 1 amide bonds. The van der Waals surface area contributed by atoms with E-state index in [9.17, 15) is 9.59 Å². The number of carbonyl (C=O) groups is 1. The minimum Gasteiger partial charge on any atom is -0.468 e. The lowest BCUT2D eigenvalue weighted by atomic mass is 10.1. The summed E-state index contributed by atoms with van der Waals surface area (Å²) in [5.41, 5.74) is -0.248. The fraction of sp³-hybridized carbons (Fsp3) is 0.412. The molecule has 0 unspecified atom stereocenters. The molecule has 1 fully saturated rings. The molecular formula is C17H21N3O3. The van der Waals surface area contributed by atoms with Crippen LogP contribution in [0.15, 0.2) is 45.9 Å². The highest BCUT2D eigenvalue weighted by molar-refractivity contribution is 5.93. The molecule has 0 spiro atoms. The molecule has 0 saturated carbocycles. The van der Waals surface area contributed by atoms with Gasteiger partial charge in [0.1, 0.15) is 11.3 Å². The molecule has 0 aliphatic carbocycles. The van der Waals surface area contributed by atoms with Gasteiger partial charge in [0.2, 0.25) is 0 Å². The smallest absolute Gasteiger partial charge is 0.260 e. The Kier molecular flexibility index (Phi) is 4.92. The van der Waals surface area contributed by atoms with Crippen molar-refractivity contribution in [2.24, 2.45) is 0 Å². The molecule has 0 radical (unpaired) electrons. The summed E-state index contributed by atoms with van der Waals surface area (Å²) < 4.78 is 5.55. The van der Waals surface area contributed by atoms with E-state index in [1.165, 1.54) is 18.7 Å². The molecule has 6 nitrogen and oxygen atoms in total. The molecule has 0 aromatic carbocycles. The Morgan fingerprint density at radius 3 is 2.78 bits per heavy atom. The van der Waals surface area contributed by atoms with Gasteiger partial charge in [-0.2, -0.15) is 0 Å². The Hall–Kier alpha value is -2.34. The second-order valence-electron chi connectivity index (χ2n) is 5.75. The normalized spacial score (nSPS) is 16.9. The van der Waals surface area contributed by atoms with Crippen molar-refractivity contribution in [3.05, 3.63) is 58.4 Å².